The fraction of sp³-hybridized carbons (Fsp3) is 0.571. The molecular weight excluding hydrogens is 210 g/mol. The zero-order chi connectivity index (χ0) is 11.8. The van der Waals surface area contributed by atoms with Crippen LogP contribution in [0.3, 0.4) is 0 Å². The predicted octanol–water partition coefficient (Wildman–Crippen LogP) is -1.36. The molecule has 15 heavy (non-hydrogen) atoms. The average Bonchev–Trinajstić information content (AvgIpc) is 2.45. The molecule has 1 aliphatic rings. The van der Waals surface area contributed by atoms with Crippen LogP contribution in [0.15, 0.2) is 0 Å². The fourth-order valence-electron chi connectivity index (χ4n) is 1.46. The molecule has 1 saturated heterocycles. The molecule has 2 atom stereocenters. The second-order valence-electron chi connectivity index (χ2n) is 3.31. The van der Waals surface area contributed by atoms with E-state index in [2.05, 4.69) is 0 Å². The van der Waals surface area contributed by atoms with Crippen molar-refractivity contribution in [2.75, 3.05) is 6.54 Å². The SMILES string of the molecule is O=C(O)[C@@H]1CC(O)(C(=O)O)CN1C(=O)O. The molecule has 0 saturated carbocycles. The number of likely N-dealkylation sites (tertiary alicyclic amines) is 1. The third-order valence-corrected chi connectivity index (χ3v) is 2.27. The van der Waals surface area contributed by atoms with Gasteiger partial charge >= 0.3 is 18.0 Å². The van der Waals surface area contributed by atoms with Crippen molar-refractivity contribution in [3.63, 3.8) is 0 Å². The molecule has 1 heterocycles. The van der Waals surface area contributed by atoms with Crippen LogP contribution in [0.1, 0.15) is 6.42 Å². The van der Waals surface area contributed by atoms with Crippen molar-refractivity contribution in [1.82, 2.24) is 4.90 Å². The van der Waals surface area contributed by atoms with E-state index >= 15 is 0 Å². The van der Waals surface area contributed by atoms with E-state index in [1.165, 1.54) is 0 Å². The summed E-state index contributed by atoms with van der Waals surface area (Å²) in [4.78, 5) is 32.2. The summed E-state index contributed by atoms with van der Waals surface area (Å²) in [6.07, 6.45) is -2.22. The van der Waals surface area contributed by atoms with E-state index in [1.54, 1.807) is 0 Å². The Hall–Kier alpha value is -1.83. The molecule has 0 spiro atoms. The molecule has 0 aromatic rings. The maximum Gasteiger partial charge on any atom is 0.408 e. The monoisotopic (exact) mass is 219 g/mol. The Balaban J connectivity index is 2.97. The molecule has 1 unspecified atom stereocenters. The highest BCUT2D eigenvalue weighted by atomic mass is 16.4. The first kappa shape index (κ1) is 11.2. The number of carbonyl (C=O) groups is 3. The van der Waals surface area contributed by atoms with E-state index in [-0.39, 0.29) is 0 Å². The Morgan fingerprint density at radius 3 is 2.00 bits per heavy atom. The number of nitrogens with zero attached hydrogens (tertiary/aromatic N) is 1. The van der Waals surface area contributed by atoms with E-state index in [9.17, 15) is 19.5 Å². The van der Waals surface area contributed by atoms with Gasteiger partial charge in [0, 0.05) is 6.42 Å². The van der Waals surface area contributed by atoms with Crippen LogP contribution in [0, 0.1) is 0 Å². The van der Waals surface area contributed by atoms with Gasteiger partial charge in [0.1, 0.15) is 6.04 Å². The van der Waals surface area contributed by atoms with Crippen molar-refractivity contribution in [2.24, 2.45) is 0 Å². The van der Waals surface area contributed by atoms with Crippen LogP contribution in [0.25, 0.3) is 0 Å². The van der Waals surface area contributed by atoms with Gasteiger partial charge in [0.15, 0.2) is 5.60 Å². The summed E-state index contributed by atoms with van der Waals surface area (Å²) in [7, 11) is 0. The second kappa shape index (κ2) is 3.39. The number of aliphatic carboxylic acids is 2. The third kappa shape index (κ3) is 1.84. The Kier molecular flexibility index (Phi) is 2.54. The van der Waals surface area contributed by atoms with Gasteiger partial charge in [0.2, 0.25) is 0 Å². The molecular formula is C7H9NO7. The minimum absolute atomic E-state index is 0.399. The highest BCUT2D eigenvalue weighted by molar-refractivity contribution is 5.86. The molecule has 0 aliphatic carbocycles. The lowest BCUT2D eigenvalue weighted by atomic mass is 10.0. The molecule has 0 aromatic heterocycles. The molecule has 1 rings (SSSR count). The molecule has 1 aliphatic heterocycles. The van der Waals surface area contributed by atoms with Gasteiger partial charge in [0.25, 0.3) is 0 Å². The molecule has 0 bridgehead atoms. The van der Waals surface area contributed by atoms with Gasteiger partial charge in [-0.05, 0) is 0 Å². The quantitative estimate of drug-likeness (QED) is 0.450. The van der Waals surface area contributed by atoms with Crippen LogP contribution in [0.5, 0.6) is 0 Å². The average molecular weight is 219 g/mol. The minimum atomic E-state index is -2.32. The van der Waals surface area contributed by atoms with Gasteiger partial charge < -0.3 is 20.4 Å². The van der Waals surface area contributed by atoms with Gasteiger partial charge in [-0.1, -0.05) is 0 Å². The van der Waals surface area contributed by atoms with Crippen molar-refractivity contribution in [1.29, 1.82) is 0 Å². The van der Waals surface area contributed by atoms with Gasteiger partial charge in [0.05, 0.1) is 6.54 Å². The van der Waals surface area contributed by atoms with Gasteiger partial charge in [-0.2, -0.15) is 0 Å². The van der Waals surface area contributed by atoms with E-state index in [0.717, 1.165) is 0 Å². The zero-order valence-corrected chi connectivity index (χ0v) is 7.45. The van der Waals surface area contributed by atoms with Crippen LogP contribution in [0.2, 0.25) is 0 Å². The minimum Gasteiger partial charge on any atom is -0.480 e. The van der Waals surface area contributed by atoms with E-state index in [0.29, 0.717) is 4.90 Å². The van der Waals surface area contributed by atoms with Gasteiger partial charge in [-0.25, -0.2) is 14.4 Å². The summed E-state index contributed by atoms with van der Waals surface area (Å²) >= 11 is 0. The number of rotatable bonds is 2. The molecule has 84 valence electrons. The Morgan fingerprint density at radius 2 is 1.73 bits per heavy atom. The lowest BCUT2D eigenvalue weighted by molar-refractivity contribution is -0.156. The lowest BCUT2D eigenvalue weighted by Crippen LogP contribution is -2.43. The Morgan fingerprint density at radius 1 is 1.20 bits per heavy atom. The summed E-state index contributed by atoms with van der Waals surface area (Å²) in [5, 5.41) is 35.3. The largest absolute Gasteiger partial charge is 0.480 e. The Bertz CT molecular complexity index is 303. The summed E-state index contributed by atoms with van der Waals surface area (Å²) in [6, 6.07) is -1.52. The van der Waals surface area contributed by atoms with Crippen LogP contribution < -0.4 is 0 Å². The molecule has 0 aromatic carbocycles. The van der Waals surface area contributed by atoms with Crippen LogP contribution >= 0.6 is 0 Å². The second-order valence-corrected chi connectivity index (χ2v) is 3.31. The topological polar surface area (TPSA) is 135 Å². The van der Waals surface area contributed by atoms with Crippen LogP contribution in [0.4, 0.5) is 4.79 Å². The van der Waals surface area contributed by atoms with E-state index < -0.39 is 42.6 Å². The number of carboxylic acid groups (broad SMARTS) is 3. The smallest absolute Gasteiger partial charge is 0.408 e. The van der Waals surface area contributed by atoms with E-state index in [4.69, 9.17) is 15.3 Å². The molecule has 0 radical (unpaired) electrons. The summed E-state index contributed by atoms with van der Waals surface area (Å²) < 4.78 is 0. The van der Waals surface area contributed by atoms with Crippen molar-refractivity contribution in [3.05, 3.63) is 0 Å². The fourth-order valence-corrected chi connectivity index (χ4v) is 1.46. The number of hydrogen-bond acceptors (Lipinski definition) is 4. The van der Waals surface area contributed by atoms with Crippen molar-refractivity contribution in [3.8, 4) is 0 Å². The van der Waals surface area contributed by atoms with Gasteiger partial charge in [-0.3, -0.25) is 4.90 Å². The first-order valence-corrected chi connectivity index (χ1v) is 3.96. The number of amides is 1. The van der Waals surface area contributed by atoms with E-state index in [1.807, 2.05) is 0 Å². The van der Waals surface area contributed by atoms with Crippen LogP contribution in [-0.4, -0.2) is 61.5 Å². The third-order valence-electron chi connectivity index (χ3n) is 2.27. The maximum absolute atomic E-state index is 10.6. The number of aliphatic hydroxyl groups is 1. The Labute approximate surface area is 83.3 Å². The van der Waals surface area contributed by atoms with Gasteiger partial charge in [-0.15, -0.1) is 0 Å². The zero-order valence-electron chi connectivity index (χ0n) is 7.45. The first-order chi connectivity index (χ1) is 6.78. The maximum atomic E-state index is 10.6. The van der Waals surface area contributed by atoms with Crippen LogP contribution in [-0.2, 0) is 9.59 Å². The lowest BCUT2D eigenvalue weighted by Gasteiger charge is -2.17. The number of β-amino-alcohol motifs (C(OH)–C–C–N with tert-alkyl or cyclic N) is 1. The first-order valence-electron chi connectivity index (χ1n) is 3.96. The van der Waals surface area contributed by atoms with Crippen molar-refractivity contribution >= 4 is 18.0 Å². The van der Waals surface area contributed by atoms with Crippen molar-refractivity contribution < 1.29 is 34.8 Å². The number of carboxylic acids is 2. The summed E-state index contributed by atoms with van der Waals surface area (Å²) in [5.41, 5.74) is -2.32. The highest BCUT2D eigenvalue weighted by Gasteiger charge is 2.52. The molecule has 8 nitrogen and oxygen atoms in total. The number of hydrogen-bond donors (Lipinski definition) is 4. The highest BCUT2D eigenvalue weighted by Crippen LogP contribution is 2.27. The molecule has 4 N–H and O–H groups in total. The predicted molar refractivity (Wildman–Crippen MR) is 43.4 cm³/mol. The normalized spacial score (nSPS) is 30.2. The molecule has 1 fully saturated rings. The molecule has 1 amide bonds. The molecule has 8 heteroatoms. The standard InChI is InChI=1S/C7H9NO7/c9-4(10)3-1-7(15,5(11)12)2-8(3)6(13)14/h3,15H,1-2H2,(H,9,10)(H,11,12)(H,13,14)/t3-,7?/m0/s1. The van der Waals surface area contributed by atoms with Crippen molar-refractivity contribution in [2.45, 2.75) is 18.1 Å². The summed E-state index contributed by atoms with van der Waals surface area (Å²) in [6.45, 7) is -0.741. The summed E-state index contributed by atoms with van der Waals surface area (Å²) in [5.74, 6) is -3.10.